The first kappa shape index (κ1) is 43.4. The Morgan fingerprint density at radius 2 is 0.759 bits per heavy atom. The molecule has 4 aromatic rings. The third-order valence-corrected chi connectivity index (χ3v) is 10.8. The minimum atomic E-state index is -0.707. The Labute approximate surface area is 344 Å². The summed E-state index contributed by atoms with van der Waals surface area (Å²) in [6.07, 6.45) is 2.87. The average molecular weight is 799 g/mol. The van der Waals surface area contributed by atoms with Crippen LogP contribution in [0.4, 0.5) is 0 Å². The van der Waals surface area contributed by atoms with Crippen molar-refractivity contribution in [3.63, 3.8) is 0 Å². The number of unbranched alkanes of at least 4 members (excludes halogenated alkanes) is 3. The highest BCUT2D eigenvalue weighted by Crippen LogP contribution is 2.35. The summed E-state index contributed by atoms with van der Waals surface area (Å²) >= 11 is 0. The summed E-state index contributed by atoms with van der Waals surface area (Å²) < 4.78 is 45.0. The van der Waals surface area contributed by atoms with E-state index in [1.165, 1.54) is 22.3 Å². The Morgan fingerprint density at radius 3 is 1.05 bits per heavy atom. The van der Waals surface area contributed by atoms with Gasteiger partial charge >= 0.3 is 0 Å². The monoisotopic (exact) mass is 798 g/mol. The molecule has 4 atom stereocenters. The van der Waals surface area contributed by atoms with Crippen molar-refractivity contribution in [2.24, 2.45) is 0 Å². The molecule has 6 rings (SSSR count). The van der Waals surface area contributed by atoms with Gasteiger partial charge < -0.3 is 48.1 Å². The second-order valence-electron chi connectivity index (χ2n) is 16.4. The molecule has 2 saturated heterocycles. The van der Waals surface area contributed by atoms with E-state index in [2.05, 4.69) is 76.2 Å². The van der Waals surface area contributed by atoms with E-state index < -0.39 is 12.2 Å². The number of hydrogen-bond acceptors (Lipinski definition) is 10. The van der Waals surface area contributed by atoms with E-state index in [1.807, 2.05) is 48.5 Å². The fourth-order valence-electron chi connectivity index (χ4n) is 6.59. The van der Waals surface area contributed by atoms with Gasteiger partial charge in [0.05, 0.1) is 26.4 Å². The highest BCUT2D eigenvalue weighted by atomic mass is 16.6. The van der Waals surface area contributed by atoms with E-state index in [4.69, 9.17) is 37.9 Å². The first-order valence-corrected chi connectivity index (χ1v) is 20.7. The van der Waals surface area contributed by atoms with Gasteiger partial charge in [-0.1, -0.05) is 89.1 Å². The van der Waals surface area contributed by atoms with Crippen LogP contribution in [-0.4, -0.2) is 101 Å². The average Bonchev–Trinajstić information content (AvgIpc) is 4.19. The lowest BCUT2D eigenvalue weighted by Gasteiger charge is -2.26. The third-order valence-electron chi connectivity index (χ3n) is 10.8. The van der Waals surface area contributed by atoms with Crippen molar-refractivity contribution in [3.8, 4) is 23.0 Å². The number of aliphatic hydroxyl groups is 2. The molecule has 2 aliphatic rings. The molecule has 4 aromatic carbocycles. The fraction of sp³-hybridized carbons (Fsp3) is 0.500. The first-order valence-electron chi connectivity index (χ1n) is 20.7. The molecule has 0 aliphatic carbocycles. The Bertz CT molecular complexity index is 1630. The van der Waals surface area contributed by atoms with Gasteiger partial charge in [0.1, 0.15) is 73.8 Å². The zero-order valence-corrected chi connectivity index (χ0v) is 34.6. The topological polar surface area (TPSA) is 121 Å². The van der Waals surface area contributed by atoms with Crippen LogP contribution in [0.15, 0.2) is 97.1 Å². The van der Waals surface area contributed by atoms with Gasteiger partial charge in [0.2, 0.25) is 0 Å². The lowest BCUT2D eigenvalue weighted by Crippen LogP contribution is -2.24. The molecule has 10 heteroatoms. The molecule has 2 aliphatic heterocycles. The van der Waals surface area contributed by atoms with E-state index in [0.29, 0.717) is 37.9 Å². The van der Waals surface area contributed by atoms with E-state index in [-0.39, 0.29) is 49.5 Å². The van der Waals surface area contributed by atoms with Gasteiger partial charge in [0, 0.05) is 24.0 Å². The molecule has 10 nitrogen and oxygen atoms in total. The van der Waals surface area contributed by atoms with Crippen molar-refractivity contribution in [1.82, 2.24) is 0 Å². The number of epoxide rings is 2. The van der Waals surface area contributed by atoms with Crippen molar-refractivity contribution >= 4 is 0 Å². The first-order chi connectivity index (χ1) is 28.1. The second kappa shape index (κ2) is 21.2. The molecular formula is C48H62O10. The van der Waals surface area contributed by atoms with Gasteiger partial charge in [0.25, 0.3) is 0 Å². The van der Waals surface area contributed by atoms with Crippen molar-refractivity contribution in [3.05, 3.63) is 119 Å². The molecule has 0 spiro atoms. The van der Waals surface area contributed by atoms with Gasteiger partial charge in [-0.15, -0.1) is 0 Å². The smallest absolute Gasteiger partial charge is 0.119 e. The molecule has 0 bridgehead atoms. The predicted octanol–water partition coefficient (Wildman–Crippen LogP) is 7.67. The molecule has 58 heavy (non-hydrogen) atoms. The van der Waals surface area contributed by atoms with Gasteiger partial charge in [-0.25, -0.2) is 0 Å². The Hall–Kier alpha value is -4.16. The minimum absolute atomic E-state index is 0.165. The van der Waals surface area contributed by atoms with Crippen LogP contribution in [-0.2, 0) is 29.8 Å². The number of hydrogen-bond donors (Lipinski definition) is 2. The lowest BCUT2D eigenvalue weighted by atomic mass is 9.78. The number of ether oxygens (including phenoxy) is 8. The largest absolute Gasteiger partial charge is 0.491 e. The van der Waals surface area contributed by atoms with E-state index in [1.54, 1.807) is 0 Å². The Kier molecular flexibility index (Phi) is 15.9. The Morgan fingerprint density at radius 1 is 0.466 bits per heavy atom. The maximum Gasteiger partial charge on any atom is 0.119 e. The van der Waals surface area contributed by atoms with Crippen LogP contribution in [0.5, 0.6) is 23.0 Å². The normalized spacial score (nSPS) is 17.3. The van der Waals surface area contributed by atoms with Crippen LogP contribution in [0.2, 0.25) is 0 Å². The molecule has 0 amide bonds. The predicted molar refractivity (Wildman–Crippen MR) is 224 cm³/mol. The molecule has 2 fully saturated rings. The van der Waals surface area contributed by atoms with Gasteiger partial charge in [-0.05, 0) is 83.6 Å². The van der Waals surface area contributed by atoms with Crippen LogP contribution in [0.25, 0.3) is 0 Å². The van der Waals surface area contributed by atoms with Crippen molar-refractivity contribution in [1.29, 1.82) is 0 Å². The highest BCUT2D eigenvalue weighted by Gasteiger charge is 2.26. The summed E-state index contributed by atoms with van der Waals surface area (Å²) in [6, 6.07) is 32.5. The summed E-state index contributed by atoms with van der Waals surface area (Å²) in [6.45, 7) is 13.5. The third kappa shape index (κ3) is 13.7. The number of aliphatic hydroxyl groups excluding tert-OH is 2. The minimum Gasteiger partial charge on any atom is -0.491 e. The van der Waals surface area contributed by atoms with E-state index >= 15 is 0 Å². The van der Waals surface area contributed by atoms with Crippen LogP contribution in [0.1, 0.15) is 75.6 Å². The van der Waals surface area contributed by atoms with Crippen molar-refractivity contribution in [2.45, 2.75) is 88.6 Å². The van der Waals surface area contributed by atoms with E-state index in [0.717, 1.165) is 50.4 Å². The zero-order chi connectivity index (χ0) is 40.8. The molecule has 0 aromatic heterocycles. The maximum absolute atomic E-state index is 10.4. The quantitative estimate of drug-likeness (QED) is 0.0460. The molecule has 314 valence electrons. The standard InChI is InChI=1S/C48H62O10/c1-47(2,37-13-21-43(22-14-37)55-31-45-33-57-45)35-9-17-41(18-10-35)53-29-39(49)27-51-25-7-5-6-8-26-52-28-40(50)30-54-42-19-11-36(12-20-42)48(3,4)38-15-23-44(24-16-38)56-32-46-34-58-46/h9-24,39-40,45-46,49-50H,5-8,25-34H2,1-4H3. The van der Waals surface area contributed by atoms with Crippen molar-refractivity contribution in [2.75, 3.05) is 66.1 Å². The van der Waals surface area contributed by atoms with Gasteiger partial charge in [0.15, 0.2) is 0 Å². The lowest BCUT2D eigenvalue weighted by molar-refractivity contribution is 0.00823. The maximum atomic E-state index is 10.4. The molecule has 0 radical (unpaired) electrons. The molecule has 4 unspecified atom stereocenters. The number of rotatable bonds is 27. The number of benzene rings is 4. The summed E-state index contributed by atoms with van der Waals surface area (Å²) in [4.78, 5) is 0. The summed E-state index contributed by atoms with van der Waals surface area (Å²) in [5.41, 5.74) is 4.33. The molecule has 2 heterocycles. The van der Waals surface area contributed by atoms with Crippen LogP contribution in [0, 0.1) is 0 Å². The van der Waals surface area contributed by atoms with Crippen LogP contribution in [0.3, 0.4) is 0 Å². The molecule has 2 N–H and O–H groups in total. The SMILES string of the molecule is CC(C)(c1ccc(OCC(O)COCCCCCCOCC(O)COc2ccc(C(C)(C)c3ccc(OCC4CO4)cc3)cc2)cc1)c1ccc(OCC2CO2)cc1. The summed E-state index contributed by atoms with van der Waals surface area (Å²) in [5, 5.41) is 20.8. The fourth-order valence-corrected chi connectivity index (χ4v) is 6.59. The van der Waals surface area contributed by atoms with Gasteiger partial charge in [-0.2, -0.15) is 0 Å². The Balaban J connectivity index is 0.758. The van der Waals surface area contributed by atoms with Crippen molar-refractivity contribution < 1.29 is 48.1 Å². The second-order valence-corrected chi connectivity index (χ2v) is 16.4. The molecule has 0 saturated carbocycles. The van der Waals surface area contributed by atoms with Crippen LogP contribution >= 0.6 is 0 Å². The van der Waals surface area contributed by atoms with Gasteiger partial charge in [-0.3, -0.25) is 0 Å². The molecular weight excluding hydrogens is 737 g/mol. The zero-order valence-electron chi connectivity index (χ0n) is 34.6. The van der Waals surface area contributed by atoms with Crippen LogP contribution < -0.4 is 18.9 Å². The van der Waals surface area contributed by atoms with E-state index in [9.17, 15) is 10.2 Å². The summed E-state index contributed by atoms with van der Waals surface area (Å²) in [7, 11) is 0. The summed E-state index contributed by atoms with van der Waals surface area (Å²) in [5.74, 6) is 3.12. The highest BCUT2D eigenvalue weighted by molar-refractivity contribution is 5.43.